The lowest BCUT2D eigenvalue weighted by Gasteiger charge is -2.20. The molecular formula is C19H19ClN2O3S. The van der Waals surface area contributed by atoms with E-state index in [2.05, 4.69) is 5.32 Å². The smallest absolute Gasteiger partial charge is 0.265 e. The van der Waals surface area contributed by atoms with Gasteiger partial charge in [-0.15, -0.1) is 0 Å². The van der Waals surface area contributed by atoms with Crippen molar-refractivity contribution >= 4 is 33.2 Å². The van der Waals surface area contributed by atoms with Gasteiger partial charge in [-0.1, -0.05) is 29.8 Å². The number of anilines is 1. The Labute approximate surface area is 158 Å². The molecule has 0 atom stereocenters. The van der Waals surface area contributed by atoms with Crippen LogP contribution in [0.5, 0.6) is 0 Å². The van der Waals surface area contributed by atoms with Gasteiger partial charge in [-0.2, -0.15) is 0 Å². The summed E-state index contributed by atoms with van der Waals surface area (Å²) in [4.78, 5) is 12.3. The summed E-state index contributed by atoms with van der Waals surface area (Å²) in [6.07, 6.45) is 2.93. The number of amides is 1. The molecule has 1 aliphatic heterocycles. The number of halogens is 1. The molecule has 1 saturated carbocycles. The van der Waals surface area contributed by atoms with Gasteiger partial charge in [0.05, 0.1) is 10.7 Å². The SMILES string of the molecule is O=C(NCC1CC1)c1ccc(Cl)c(S(=O)(=O)N2CCc3ccccc32)c1. The van der Waals surface area contributed by atoms with Gasteiger partial charge in [-0.05, 0) is 55.0 Å². The molecule has 1 heterocycles. The molecule has 2 aromatic carbocycles. The van der Waals surface area contributed by atoms with E-state index in [-0.39, 0.29) is 15.8 Å². The second kappa shape index (κ2) is 6.59. The number of nitrogens with one attached hydrogen (secondary N) is 1. The number of carbonyl (C=O) groups is 1. The van der Waals surface area contributed by atoms with Crippen LogP contribution in [0.15, 0.2) is 47.4 Å². The zero-order valence-electron chi connectivity index (χ0n) is 14.1. The van der Waals surface area contributed by atoms with E-state index in [0.717, 1.165) is 18.4 Å². The first-order valence-corrected chi connectivity index (χ1v) is 10.5. The van der Waals surface area contributed by atoms with Crippen molar-refractivity contribution in [3.05, 3.63) is 58.6 Å². The fourth-order valence-electron chi connectivity index (χ4n) is 3.18. The fraction of sp³-hybridized carbons (Fsp3) is 0.316. The minimum absolute atomic E-state index is 0.0325. The van der Waals surface area contributed by atoms with Gasteiger partial charge in [0.1, 0.15) is 4.90 Å². The van der Waals surface area contributed by atoms with Crippen molar-refractivity contribution < 1.29 is 13.2 Å². The van der Waals surface area contributed by atoms with Crippen LogP contribution < -0.4 is 9.62 Å². The molecule has 26 heavy (non-hydrogen) atoms. The Hall–Kier alpha value is -2.05. The molecule has 0 spiro atoms. The highest BCUT2D eigenvalue weighted by molar-refractivity contribution is 7.93. The van der Waals surface area contributed by atoms with Crippen molar-refractivity contribution in [3.8, 4) is 0 Å². The predicted molar refractivity (Wildman–Crippen MR) is 101 cm³/mol. The normalized spacial score (nSPS) is 16.4. The molecule has 1 fully saturated rings. The van der Waals surface area contributed by atoms with Crippen LogP contribution in [0.2, 0.25) is 5.02 Å². The summed E-state index contributed by atoms with van der Waals surface area (Å²) in [5, 5.41) is 2.97. The molecule has 5 nitrogen and oxygen atoms in total. The van der Waals surface area contributed by atoms with Crippen molar-refractivity contribution in [2.24, 2.45) is 5.92 Å². The van der Waals surface area contributed by atoms with Crippen LogP contribution in [-0.4, -0.2) is 27.4 Å². The van der Waals surface area contributed by atoms with Crippen LogP contribution in [-0.2, 0) is 16.4 Å². The van der Waals surface area contributed by atoms with Gasteiger partial charge in [0.25, 0.3) is 15.9 Å². The predicted octanol–water partition coefficient (Wildman–Crippen LogP) is 3.23. The summed E-state index contributed by atoms with van der Waals surface area (Å²) >= 11 is 6.19. The lowest BCUT2D eigenvalue weighted by atomic mass is 10.2. The third kappa shape index (κ3) is 3.19. The molecule has 1 amide bonds. The van der Waals surface area contributed by atoms with Crippen molar-refractivity contribution in [2.45, 2.75) is 24.2 Å². The number of hydrogen-bond donors (Lipinski definition) is 1. The van der Waals surface area contributed by atoms with Gasteiger partial charge in [0, 0.05) is 18.7 Å². The number of benzene rings is 2. The van der Waals surface area contributed by atoms with E-state index in [4.69, 9.17) is 11.6 Å². The summed E-state index contributed by atoms with van der Waals surface area (Å²) in [7, 11) is -3.84. The van der Waals surface area contributed by atoms with Crippen LogP contribution >= 0.6 is 11.6 Å². The topological polar surface area (TPSA) is 66.5 Å². The number of carbonyl (C=O) groups excluding carboxylic acids is 1. The molecule has 1 aliphatic carbocycles. The van der Waals surface area contributed by atoms with Crippen LogP contribution in [0, 0.1) is 5.92 Å². The first-order valence-electron chi connectivity index (χ1n) is 8.65. The van der Waals surface area contributed by atoms with Gasteiger partial charge in [-0.25, -0.2) is 8.42 Å². The van der Waals surface area contributed by atoms with Crippen LogP contribution in [0.4, 0.5) is 5.69 Å². The van der Waals surface area contributed by atoms with Crippen LogP contribution in [0.25, 0.3) is 0 Å². The summed E-state index contributed by atoms with van der Waals surface area (Å²) in [6, 6.07) is 11.8. The maximum atomic E-state index is 13.2. The second-order valence-corrected chi connectivity index (χ2v) is 8.99. The largest absolute Gasteiger partial charge is 0.352 e. The van der Waals surface area contributed by atoms with Crippen LogP contribution in [0.1, 0.15) is 28.8 Å². The minimum atomic E-state index is -3.84. The quantitative estimate of drug-likeness (QED) is 0.852. The molecule has 136 valence electrons. The molecule has 0 radical (unpaired) electrons. The molecule has 1 N–H and O–H groups in total. The zero-order chi connectivity index (χ0) is 18.3. The molecule has 2 aromatic rings. The van der Waals surface area contributed by atoms with E-state index >= 15 is 0 Å². The Balaban J connectivity index is 1.66. The van der Waals surface area contributed by atoms with E-state index in [0.29, 0.717) is 36.7 Å². The van der Waals surface area contributed by atoms with Crippen molar-refractivity contribution in [3.63, 3.8) is 0 Å². The average Bonchev–Trinajstić information content (AvgIpc) is 3.36. The van der Waals surface area contributed by atoms with E-state index in [1.54, 1.807) is 12.1 Å². The Morgan fingerprint density at radius 3 is 2.73 bits per heavy atom. The molecule has 0 aromatic heterocycles. The number of fused-ring (bicyclic) bond motifs is 1. The van der Waals surface area contributed by atoms with Gasteiger partial charge < -0.3 is 5.32 Å². The van der Waals surface area contributed by atoms with Gasteiger partial charge >= 0.3 is 0 Å². The van der Waals surface area contributed by atoms with Crippen molar-refractivity contribution in [1.82, 2.24) is 5.32 Å². The van der Waals surface area contributed by atoms with Crippen molar-refractivity contribution in [1.29, 1.82) is 0 Å². The summed E-state index contributed by atoms with van der Waals surface area (Å²) in [5.74, 6) is 0.280. The standard InChI is InChI=1S/C19H19ClN2O3S/c20-16-8-7-15(19(23)21-12-13-5-6-13)11-18(16)26(24,25)22-10-9-14-3-1-2-4-17(14)22/h1-4,7-8,11,13H,5-6,9-10,12H2,(H,21,23). The maximum Gasteiger partial charge on any atom is 0.265 e. The molecule has 0 saturated heterocycles. The second-order valence-electron chi connectivity index (χ2n) is 6.75. The molecule has 7 heteroatoms. The first-order chi connectivity index (χ1) is 12.5. The van der Waals surface area contributed by atoms with Crippen LogP contribution in [0.3, 0.4) is 0 Å². The number of hydrogen-bond acceptors (Lipinski definition) is 3. The highest BCUT2D eigenvalue weighted by Crippen LogP contribution is 2.35. The number of sulfonamides is 1. The zero-order valence-corrected chi connectivity index (χ0v) is 15.7. The molecule has 0 bridgehead atoms. The summed E-state index contributed by atoms with van der Waals surface area (Å²) in [5.41, 5.74) is 1.97. The fourth-order valence-corrected chi connectivity index (χ4v) is 5.19. The number of nitrogens with zero attached hydrogens (tertiary/aromatic N) is 1. The Kier molecular flexibility index (Phi) is 4.40. The summed E-state index contributed by atoms with van der Waals surface area (Å²) in [6.45, 7) is 0.999. The monoisotopic (exact) mass is 390 g/mol. The van der Waals surface area contributed by atoms with E-state index in [1.165, 1.54) is 16.4 Å². The molecule has 4 rings (SSSR count). The average molecular weight is 391 g/mol. The maximum absolute atomic E-state index is 13.2. The van der Waals surface area contributed by atoms with Gasteiger partial charge in [0.2, 0.25) is 0 Å². The first kappa shape index (κ1) is 17.4. The Bertz CT molecular complexity index is 970. The third-order valence-electron chi connectivity index (χ3n) is 4.85. The molecular weight excluding hydrogens is 372 g/mol. The molecule has 2 aliphatic rings. The number of para-hydroxylation sites is 1. The van der Waals surface area contributed by atoms with Crippen molar-refractivity contribution in [2.75, 3.05) is 17.4 Å². The highest BCUT2D eigenvalue weighted by Gasteiger charge is 2.32. The Morgan fingerprint density at radius 1 is 1.19 bits per heavy atom. The number of rotatable bonds is 5. The van der Waals surface area contributed by atoms with E-state index < -0.39 is 10.0 Å². The minimum Gasteiger partial charge on any atom is -0.352 e. The van der Waals surface area contributed by atoms with E-state index in [9.17, 15) is 13.2 Å². The van der Waals surface area contributed by atoms with E-state index in [1.807, 2.05) is 18.2 Å². The summed E-state index contributed by atoms with van der Waals surface area (Å²) < 4.78 is 27.7. The Morgan fingerprint density at radius 2 is 1.96 bits per heavy atom. The van der Waals surface area contributed by atoms with Gasteiger partial charge in [0.15, 0.2) is 0 Å². The highest BCUT2D eigenvalue weighted by atomic mass is 35.5. The lowest BCUT2D eigenvalue weighted by molar-refractivity contribution is 0.0951. The van der Waals surface area contributed by atoms with Gasteiger partial charge in [-0.3, -0.25) is 9.10 Å². The lowest BCUT2D eigenvalue weighted by Crippen LogP contribution is -2.30. The third-order valence-corrected chi connectivity index (χ3v) is 7.15. The molecule has 0 unspecified atom stereocenters.